The predicted octanol–water partition coefficient (Wildman–Crippen LogP) is 0.451. The second-order valence-electron chi connectivity index (χ2n) is 1.87. The number of oxazole rings is 1. The van der Waals surface area contributed by atoms with Gasteiger partial charge >= 0.3 is 0 Å². The summed E-state index contributed by atoms with van der Waals surface area (Å²) in [6.45, 7) is 1.34. The minimum absolute atomic E-state index is 0.470. The summed E-state index contributed by atoms with van der Waals surface area (Å²) in [5.41, 5.74) is 0. The molecule has 0 aliphatic carbocycles. The molecule has 0 atom stereocenters. The van der Waals surface area contributed by atoms with Crippen molar-refractivity contribution in [3.8, 4) is 0 Å². The van der Waals surface area contributed by atoms with Gasteiger partial charge in [0, 0.05) is 0 Å². The Balaban J connectivity index is 2.28. The number of rotatable bonds is 1. The predicted molar refractivity (Wildman–Crippen MR) is 33.9 cm³/mol. The van der Waals surface area contributed by atoms with Crippen LogP contribution >= 0.6 is 0 Å². The van der Waals surface area contributed by atoms with Gasteiger partial charge in [-0.15, -0.1) is 0 Å². The third-order valence-corrected chi connectivity index (χ3v) is 1.20. The Morgan fingerprint density at radius 3 is 3.10 bits per heavy atom. The molecule has 0 N–H and O–H groups in total. The Morgan fingerprint density at radius 1 is 1.50 bits per heavy atom. The molecule has 0 aromatic carbocycles. The van der Waals surface area contributed by atoms with Crippen LogP contribution in [0.4, 0.5) is 0 Å². The fourth-order valence-corrected chi connectivity index (χ4v) is 0.794. The second kappa shape index (κ2) is 2.13. The summed E-state index contributed by atoms with van der Waals surface area (Å²) in [5, 5.41) is 0. The van der Waals surface area contributed by atoms with Crippen molar-refractivity contribution in [3.63, 3.8) is 0 Å². The molecule has 0 spiro atoms. The summed E-state index contributed by atoms with van der Waals surface area (Å²) in [5.74, 6) is 0.988. The van der Waals surface area contributed by atoms with E-state index in [9.17, 15) is 0 Å². The first-order valence-electron chi connectivity index (χ1n) is 3.04. The third-order valence-electron chi connectivity index (χ3n) is 1.20. The summed E-state index contributed by atoms with van der Waals surface area (Å²) in [6.07, 6.45) is 3.07. The van der Waals surface area contributed by atoms with Gasteiger partial charge in [-0.05, 0) is 0 Å². The van der Waals surface area contributed by atoms with E-state index in [1.54, 1.807) is 6.20 Å². The lowest BCUT2D eigenvalue weighted by molar-refractivity contribution is 0.337. The van der Waals surface area contributed by atoms with Crippen LogP contribution in [0, 0.1) is 0 Å². The Hall–Kier alpha value is -1.32. The fourth-order valence-electron chi connectivity index (χ4n) is 0.794. The average molecular weight is 138 g/mol. The maximum absolute atomic E-state index is 5.09. The van der Waals surface area contributed by atoms with Gasteiger partial charge in [0.25, 0.3) is 11.8 Å². The molecule has 52 valence electrons. The summed E-state index contributed by atoms with van der Waals surface area (Å²) in [6, 6.07) is 0. The summed E-state index contributed by atoms with van der Waals surface area (Å²) in [7, 11) is 0. The van der Waals surface area contributed by atoms with Crippen LogP contribution in [0.2, 0.25) is 0 Å². The third kappa shape index (κ3) is 0.775. The first-order chi connectivity index (χ1) is 4.97. The molecule has 0 saturated carbocycles. The molecule has 0 radical (unpaired) electrons. The molecule has 2 heterocycles. The van der Waals surface area contributed by atoms with Gasteiger partial charge in [-0.2, -0.15) is 0 Å². The van der Waals surface area contributed by atoms with Crippen molar-refractivity contribution >= 4 is 5.90 Å². The molecular formula is C6H6N2O2. The minimum Gasteiger partial charge on any atom is -0.472 e. The van der Waals surface area contributed by atoms with Gasteiger partial charge in [0.05, 0.1) is 12.7 Å². The van der Waals surface area contributed by atoms with Crippen LogP contribution in [0.3, 0.4) is 0 Å². The van der Waals surface area contributed by atoms with E-state index in [0.29, 0.717) is 24.9 Å². The maximum Gasteiger partial charge on any atom is 0.282 e. The zero-order valence-corrected chi connectivity index (χ0v) is 5.28. The number of nitrogens with zero attached hydrogens (tertiary/aromatic N) is 2. The molecule has 0 bridgehead atoms. The molecule has 2 rings (SSSR count). The quantitative estimate of drug-likeness (QED) is 0.566. The fraction of sp³-hybridized carbons (Fsp3) is 0.333. The van der Waals surface area contributed by atoms with Gasteiger partial charge in [-0.3, -0.25) is 0 Å². The number of aliphatic imine (C=N–C) groups is 1. The first-order valence-corrected chi connectivity index (χ1v) is 3.04. The van der Waals surface area contributed by atoms with Crippen molar-refractivity contribution in [2.24, 2.45) is 4.99 Å². The van der Waals surface area contributed by atoms with Crippen molar-refractivity contribution in [3.05, 3.63) is 18.4 Å². The molecule has 0 fully saturated rings. The van der Waals surface area contributed by atoms with Gasteiger partial charge in [-0.1, -0.05) is 0 Å². The molecule has 1 aliphatic heterocycles. The number of hydrogen-bond donors (Lipinski definition) is 0. The van der Waals surface area contributed by atoms with E-state index in [1.165, 1.54) is 6.26 Å². The lowest BCUT2D eigenvalue weighted by atomic mass is 10.6. The molecule has 10 heavy (non-hydrogen) atoms. The topological polar surface area (TPSA) is 47.6 Å². The number of ether oxygens (including phenoxy) is 1. The largest absolute Gasteiger partial charge is 0.472 e. The zero-order valence-electron chi connectivity index (χ0n) is 5.28. The molecule has 0 unspecified atom stereocenters. The van der Waals surface area contributed by atoms with Gasteiger partial charge in [0.1, 0.15) is 12.9 Å². The van der Waals surface area contributed by atoms with Gasteiger partial charge in [0.2, 0.25) is 0 Å². The molecule has 1 aromatic rings. The van der Waals surface area contributed by atoms with E-state index in [-0.39, 0.29) is 0 Å². The molecule has 0 amide bonds. The van der Waals surface area contributed by atoms with Crippen LogP contribution in [-0.2, 0) is 4.74 Å². The van der Waals surface area contributed by atoms with Crippen LogP contribution in [0.1, 0.15) is 5.89 Å². The molecule has 1 aliphatic rings. The van der Waals surface area contributed by atoms with E-state index in [4.69, 9.17) is 9.15 Å². The zero-order chi connectivity index (χ0) is 6.81. The standard InChI is InChI=1S/C6H6N2O2/c1-3-9-5(7-1)6-8-2-4-10-6/h1,3H,2,4H2. The Kier molecular flexibility index (Phi) is 1.16. The smallest absolute Gasteiger partial charge is 0.282 e. The van der Waals surface area contributed by atoms with Crippen LogP contribution in [0.25, 0.3) is 0 Å². The highest BCUT2D eigenvalue weighted by atomic mass is 16.5. The molecular weight excluding hydrogens is 132 g/mol. The highest BCUT2D eigenvalue weighted by Crippen LogP contribution is 2.03. The Labute approximate surface area is 57.5 Å². The van der Waals surface area contributed by atoms with Gasteiger partial charge in [-0.25, -0.2) is 9.98 Å². The van der Waals surface area contributed by atoms with Crippen molar-refractivity contribution in [1.29, 1.82) is 0 Å². The van der Waals surface area contributed by atoms with Crippen LogP contribution in [0.15, 0.2) is 21.9 Å². The summed E-state index contributed by atoms with van der Waals surface area (Å²) >= 11 is 0. The van der Waals surface area contributed by atoms with Crippen LogP contribution in [-0.4, -0.2) is 24.0 Å². The normalized spacial score (nSPS) is 16.6. The monoisotopic (exact) mass is 138 g/mol. The Morgan fingerprint density at radius 2 is 2.50 bits per heavy atom. The van der Waals surface area contributed by atoms with E-state index in [1.807, 2.05) is 0 Å². The maximum atomic E-state index is 5.09. The van der Waals surface area contributed by atoms with Crippen molar-refractivity contribution in [2.75, 3.05) is 13.2 Å². The lowest BCUT2D eigenvalue weighted by Crippen LogP contribution is -2.00. The lowest BCUT2D eigenvalue weighted by Gasteiger charge is -1.92. The average Bonchev–Trinajstić information content (AvgIpc) is 2.59. The second-order valence-corrected chi connectivity index (χ2v) is 1.87. The summed E-state index contributed by atoms with van der Waals surface area (Å²) in [4.78, 5) is 7.89. The van der Waals surface area contributed by atoms with Gasteiger partial charge in [0.15, 0.2) is 0 Å². The van der Waals surface area contributed by atoms with Crippen LogP contribution in [0.5, 0.6) is 0 Å². The minimum atomic E-state index is 0.470. The molecule has 1 aromatic heterocycles. The van der Waals surface area contributed by atoms with E-state index in [2.05, 4.69) is 9.98 Å². The summed E-state index contributed by atoms with van der Waals surface area (Å²) < 4.78 is 10.0. The van der Waals surface area contributed by atoms with Crippen LogP contribution < -0.4 is 0 Å². The van der Waals surface area contributed by atoms with E-state index in [0.717, 1.165) is 0 Å². The number of hydrogen-bond acceptors (Lipinski definition) is 4. The van der Waals surface area contributed by atoms with Crippen molar-refractivity contribution in [2.45, 2.75) is 0 Å². The molecule has 0 saturated heterocycles. The SMILES string of the molecule is c1coc(C2=NCCO2)n1. The molecule has 4 heteroatoms. The van der Waals surface area contributed by atoms with Crippen molar-refractivity contribution < 1.29 is 9.15 Å². The highest BCUT2D eigenvalue weighted by molar-refractivity contribution is 5.90. The van der Waals surface area contributed by atoms with E-state index < -0.39 is 0 Å². The highest BCUT2D eigenvalue weighted by Gasteiger charge is 2.13. The van der Waals surface area contributed by atoms with Gasteiger partial charge < -0.3 is 9.15 Å². The Bertz CT molecular complexity index is 240. The first kappa shape index (κ1) is 5.46. The molecule has 4 nitrogen and oxygen atoms in total. The number of aromatic nitrogens is 1. The van der Waals surface area contributed by atoms with Crippen molar-refractivity contribution in [1.82, 2.24) is 4.98 Å². The van der Waals surface area contributed by atoms with E-state index >= 15 is 0 Å².